The van der Waals surface area contributed by atoms with Crippen molar-refractivity contribution in [3.05, 3.63) is 95.4 Å². The lowest BCUT2D eigenvalue weighted by Gasteiger charge is -2.17. The molecule has 2 amide bonds. The van der Waals surface area contributed by atoms with Crippen LogP contribution in [0.4, 0.5) is 10.1 Å². The van der Waals surface area contributed by atoms with Gasteiger partial charge in [0.05, 0.1) is 32.0 Å². The third kappa shape index (κ3) is 3.92. The SMILES string of the molecule is COc1ccccc1CN1C(=O)C(Nc2ccccc2OC)=C(c2ccc(F)cc2)C1=O. The molecule has 4 rings (SSSR count). The lowest BCUT2D eigenvalue weighted by molar-refractivity contribution is -0.137. The number of anilines is 1. The van der Waals surface area contributed by atoms with Crippen LogP contribution in [0.2, 0.25) is 0 Å². The number of nitrogens with one attached hydrogen (secondary N) is 1. The summed E-state index contributed by atoms with van der Waals surface area (Å²) in [5, 5.41) is 3.07. The maximum atomic E-state index is 13.5. The summed E-state index contributed by atoms with van der Waals surface area (Å²) >= 11 is 0. The maximum Gasteiger partial charge on any atom is 0.278 e. The van der Waals surface area contributed by atoms with Gasteiger partial charge in [-0.05, 0) is 35.9 Å². The van der Waals surface area contributed by atoms with Gasteiger partial charge in [0.2, 0.25) is 0 Å². The normalized spacial score (nSPS) is 13.5. The summed E-state index contributed by atoms with van der Waals surface area (Å²) < 4.78 is 24.2. The lowest BCUT2D eigenvalue weighted by atomic mass is 10.0. The summed E-state index contributed by atoms with van der Waals surface area (Å²) in [5.41, 5.74) is 1.92. The van der Waals surface area contributed by atoms with Crippen LogP contribution in [0, 0.1) is 5.82 Å². The molecule has 6 nitrogen and oxygen atoms in total. The van der Waals surface area contributed by atoms with Crippen molar-refractivity contribution in [2.75, 3.05) is 19.5 Å². The van der Waals surface area contributed by atoms with Gasteiger partial charge in [0.25, 0.3) is 11.8 Å². The summed E-state index contributed by atoms with van der Waals surface area (Å²) in [6.45, 7) is 0.0312. The zero-order chi connectivity index (χ0) is 22.7. The second-order valence-electron chi connectivity index (χ2n) is 7.09. The molecule has 0 saturated carbocycles. The van der Waals surface area contributed by atoms with Crippen molar-refractivity contribution >= 4 is 23.1 Å². The molecular formula is C25H21FN2O4. The quantitative estimate of drug-likeness (QED) is 0.566. The number of nitrogens with zero attached hydrogens (tertiary/aromatic N) is 1. The van der Waals surface area contributed by atoms with E-state index >= 15 is 0 Å². The minimum Gasteiger partial charge on any atom is -0.496 e. The van der Waals surface area contributed by atoms with Crippen LogP contribution < -0.4 is 14.8 Å². The van der Waals surface area contributed by atoms with Crippen molar-refractivity contribution in [2.24, 2.45) is 0 Å². The molecule has 32 heavy (non-hydrogen) atoms. The topological polar surface area (TPSA) is 67.9 Å². The van der Waals surface area contributed by atoms with Gasteiger partial charge in [0.1, 0.15) is 23.0 Å². The molecule has 1 aliphatic heterocycles. The minimum absolute atomic E-state index is 0.0312. The number of halogens is 1. The van der Waals surface area contributed by atoms with Crippen molar-refractivity contribution in [3.63, 3.8) is 0 Å². The second kappa shape index (κ2) is 8.93. The molecule has 7 heteroatoms. The number of hydrogen-bond acceptors (Lipinski definition) is 5. The second-order valence-corrected chi connectivity index (χ2v) is 7.09. The number of hydrogen-bond donors (Lipinski definition) is 1. The molecular weight excluding hydrogens is 411 g/mol. The summed E-state index contributed by atoms with van der Waals surface area (Å²) in [4.78, 5) is 28.0. The van der Waals surface area contributed by atoms with Crippen molar-refractivity contribution in [1.29, 1.82) is 0 Å². The van der Waals surface area contributed by atoms with Gasteiger partial charge in [0, 0.05) is 5.56 Å². The Morgan fingerprint density at radius 2 is 1.44 bits per heavy atom. The number of para-hydroxylation sites is 3. The monoisotopic (exact) mass is 432 g/mol. The highest BCUT2D eigenvalue weighted by Gasteiger charge is 2.39. The van der Waals surface area contributed by atoms with Gasteiger partial charge >= 0.3 is 0 Å². The molecule has 3 aromatic carbocycles. The number of imide groups is 1. The van der Waals surface area contributed by atoms with Crippen molar-refractivity contribution in [3.8, 4) is 11.5 Å². The molecule has 1 heterocycles. The average Bonchev–Trinajstić information content (AvgIpc) is 3.04. The third-order valence-electron chi connectivity index (χ3n) is 5.19. The molecule has 0 atom stereocenters. The van der Waals surface area contributed by atoms with Gasteiger partial charge in [-0.1, -0.05) is 42.5 Å². The highest BCUT2D eigenvalue weighted by molar-refractivity contribution is 6.36. The van der Waals surface area contributed by atoms with Crippen LogP contribution in [0.15, 0.2) is 78.5 Å². The first-order valence-electron chi connectivity index (χ1n) is 9.92. The Kier molecular flexibility index (Phi) is 5.89. The van der Waals surface area contributed by atoms with E-state index < -0.39 is 17.6 Å². The number of ether oxygens (including phenoxy) is 2. The predicted octanol–water partition coefficient (Wildman–Crippen LogP) is 4.24. The molecule has 0 aromatic heterocycles. The number of methoxy groups -OCH3 is 2. The zero-order valence-corrected chi connectivity index (χ0v) is 17.6. The Morgan fingerprint density at radius 3 is 2.12 bits per heavy atom. The Morgan fingerprint density at radius 1 is 0.812 bits per heavy atom. The number of carbonyl (C=O) groups is 2. The van der Waals surface area contributed by atoms with Crippen LogP contribution in [0.1, 0.15) is 11.1 Å². The van der Waals surface area contributed by atoms with E-state index in [0.717, 1.165) is 4.90 Å². The van der Waals surface area contributed by atoms with E-state index in [-0.39, 0.29) is 17.8 Å². The summed E-state index contributed by atoms with van der Waals surface area (Å²) in [7, 11) is 3.05. The molecule has 0 spiro atoms. The number of rotatable bonds is 7. The van der Waals surface area contributed by atoms with Gasteiger partial charge in [0.15, 0.2) is 0 Å². The van der Waals surface area contributed by atoms with Crippen molar-refractivity contribution in [2.45, 2.75) is 6.54 Å². The van der Waals surface area contributed by atoms with Crippen LogP contribution in [-0.2, 0) is 16.1 Å². The maximum absolute atomic E-state index is 13.5. The zero-order valence-electron chi connectivity index (χ0n) is 17.6. The van der Waals surface area contributed by atoms with Crippen molar-refractivity contribution in [1.82, 2.24) is 4.90 Å². The van der Waals surface area contributed by atoms with E-state index in [9.17, 15) is 14.0 Å². The molecule has 0 radical (unpaired) electrons. The first kappa shape index (κ1) is 21.1. The lowest BCUT2D eigenvalue weighted by Crippen LogP contribution is -2.32. The van der Waals surface area contributed by atoms with Gasteiger partial charge in [-0.15, -0.1) is 0 Å². The Hall–Kier alpha value is -4.13. The molecule has 1 N–H and O–H groups in total. The molecule has 0 aliphatic carbocycles. The summed E-state index contributed by atoms with van der Waals surface area (Å²) in [6, 6.07) is 19.7. The van der Waals surface area contributed by atoms with Gasteiger partial charge < -0.3 is 14.8 Å². The molecule has 162 valence electrons. The fourth-order valence-electron chi connectivity index (χ4n) is 3.61. The fraction of sp³-hybridized carbons (Fsp3) is 0.120. The van der Waals surface area contributed by atoms with E-state index in [4.69, 9.17) is 9.47 Å². The Bertz CT molecular complexity index is 1200. The minimum atomic E-state index is -0.494. The van der Waals surface area contributed by atoms with Gasteiger partial charge in [-0.3, -0.25) is 14.5 Å². The van der Waals surface area contributed by atoms with Crippen LogP contribution >= 0.6 is 0 Å². The van der Waals surface area contributed by atoms with Gasteiger partial charge in [-0.2, -0.15) is 0 Å². The smallest absolute Gasteiger partial charge is 0.278 e. The largest absolute Gasteiger partial charge is 0.496 e. The Balaban J connectivity index is 1.77. The van der Waals surface area contributed by atoms with E-state index in [1.165, 1.54) is 38.5 Å². The standard InChI is InChI=1S/C25H21FN2O4/c1-31-20-9-5-3-7-17(20)15-28-24(29)22(16-11-13-18(26)14-12-16)23(25(28)30)27-19-8-4-6-10-21(19)32-2/h3-14,27H,15H2,1-2H3. The third-order valence-corrected chi connectivity index (χ3v) is 5.19. The van der Waals surface area contributed by atoms with E-state index in [1.807, 2.05) is 12.1 Å². The molecule has 1 aliphatic rings. The number of benzene rings is 3. The van der Waals surface area contributed by atoms with E-state index in [1.54, 1.807) is 36.4 Å². The molecule has 0 fully saturated rings. The van der Waals surface area contributed by atoms with Gasteiger partial charge in [-0.25, -0.2) is 4.39 Å². The molecule has 0 saturated heterocycles. The first-order chi connectivity index (χ1) is 15.5. The molecule has 3 aromatic rings. The number of carbonyl (C=O) groups excluding carboxylic acids is 2. The summed E-state index contributed by atoms with van der Waals surface area (Å²) in [5.74, 6) is -0.322. The van der Waals surface area contributed by atoms with Crippen molar-refractivity contribution < 1.29 is 23.5 Å². The highest BCUT2D eigenvalue weighted by Crippen LogP contribution is 2.34. The predicted molar refractivity (Wildman–Crippen MR) is 118 cm³/mol. The molecule has 0 unspecified atom stereocenters. The fourth-order valence-corrected chi connectivity index (χ4v) is 3.61. The Labute approximate surface area is 184 Å². The number of amides is 2. The van der Waals surface area contributed by atoms with Crippen LogP contribution in [0.5, 0.6) is 11.5 Å². The van der Waals surface area contributed by atoms with Crippen LogP contribution in [0.25, 0.3) is 5.57 Å². The van der Waals surface area contributed by atoms with Crippen LogP contribution in [0.3, 0.4) is 0 Å². The van der Waals surface area contributed by atoms with E-state index in [2.05, 4.69) is 5.32 Å². The van der Waals surface area contributed by atoms with E-state index in [0.29, 0.717) is 28.3 Å². The average molecular weight is 432 g/mol. The summed E-state index contributed by atoms with van der Waals surface area (Å²) in [6.07, 6.45) is 0. The van der Waals surface area contributed by atoms with Crippen LogP contribution in [-0.4, -0.2) is 30.9 Å². The highest BCUT2D eigenvalue weighted by atomic mass is 19.1. The first-order valence-corrected chi connectivity index (χ1v) is 9.92. The molecule has 0 bridgehead atoms.